The number of hydrogen-bond donors (Lipinski definition) is 1. The third-order valence-corrected chi connectivity index (χ3v) is 4.21. The largest absolute Gasteiger partial charge is 0.355 e. The first kappa shape index (κ1) is 12.2. The van der Waals surface area contributed by atoms with Crippen LogP contribution < -0.4 is 5.32 Å². The van der Waals surface area contributed by atoms with Gasteiger partial charge in [0.05, 0.1) is 5.56 Å². The van der Waals surface area contributed by atoms with E-state index in [1.165, 1.54) is 5.56 Å². The monoisotopic (exact) mass is 263 g/mol. The molecule has 2 rings (SSSR count). The van der Waals surface area contributed by atoms with Crippen LogP contribution in [0.15, 0.2) is 46.0 Å². The number of amides is 1. The van der Waals surface area contributed by atoms with Crippen LogP contribution in [0.25, 0.3) is 0 Å². The molecular formula is C13H13NOS2. The van der Waals surface area contributed by atoms with Gasteiger partial charge in [0.15, 0.2) is 0 Å². The SMILES string of the molecule is CNC(=O)c1ccccc1SCc1ccsc1. The Morgan fingerprint density at radius 1 is 1.35 bits per heavy atom. The summed E-state index contributed by atoms with van der Waals surface area (Å²) in [6.45, 7) is 0. The van der Waals surface area contributed by atoms with Crippen LogP contribution in [0.2, 0.25) is 0 Å². The van der Waals surface area contributed by atoms with Crippen LogP contribution in [0.1, 0.15) is 15.9 Å². The number of hydrogen-bond acceptors (Lipinski definition) is 3. The molecule has 1 amide bonds. The molecule has 0 spiro atoms. The van der Waals surface area contributed by atoms with Gasteiger partial charge in [-0.05, 0) is 34.5 Å². The molecule has 0 aliphatic carbocycles. The zero-order valence-corrected chi connectivity index (χ0v) is 11.1. The number of thioether (sulfide) groups is 1. The Kier molecular flexibility index (Phi) is 4.23. The maximum atomic E-state index is 11.7. The summed E-state index contributed by atoms with van der Waals surface area (Å²) in [6, 6.07) is 9.80. The minimum Gasteiger partial charge on any atom is -0.355 e. The van der Waals surface area contributed by atoms with E-state index in [0.717, 1.165) is 16.2 Å². The van der Waals surface area contributed by atoms with E-state index in [2.05, 4.69) is 22.1 Å². The Morgan fingerprint density at radius 3 is 2.88 bits per heavy atom. The van der Waals surface area contributed by atoms with Gasteiger partial charge in [-0.2, -0.15) is 11.3 Å². The van der Waals surface area contributed by atoms with E-state index in [1.54, 1.807) is 30.1 Å². The van der Waals surface area contributed by atoms with Gasteiger partial charge in [0.25, 0.3) is 5.91 Å². The van der Waals surface area contributed by atoms with Crippen LogP contribution in [0.3, 0.4) is 0 Å². The molecule has 0 saturated heterocycles. The summed E-state index contributed by atoms with van der Waals surface area (Å²) in [5, 5.41) is 6.87. The fourth-order valence-electron chi connectivity index (χ4n) is 1.45. The molecule has 0 aliphatic rings. The zero-order valence-electron chi connectivity index (χ0n) is 9.47. The van der Waals surface area contributed by atoms with Crippen molar-refractivity contribution in [3.05, 3.63) is 52.2 Å². The molecule has 88 valence electrons. The van der Waals surface area contributed by atoms with E-state index in [4.69, 9.17) is 0 Å². The normalized spacial score (nSPS) is 10.2. The molecule has 0 radical (unpaired) electrons. The van der Waals surface area contributed by atoms with Crippen molar-refractivity contribution >= 4 is 29.0 Å². The van der Waals surface area contributed by atoms with Crippen molar-refractivity contribution in [3.63, 3.8) is 0 Å². The predicted molar refractivity (Wildman–Crippen MR) is 73.7 cm³/mol. The highest BCUT2D eigenvalue weighted by Crippen LogP contribution is 2.26. The third kappa shape index (κ3) is 3.11. The van der Waals surface area contributed by atoms with Crippen LogP contribution in [0.5, 0.6) is 0 Å². The Labute approximate surface area is 109 Å². The first-order valence-electron chi connectivity index (χ1n) is 5.26. The highest BCUT2D eigenvalue weighted by atomic mass is 32.2. The second-order valence-corrected chi connectivity index (χ2v) is 5.29. The second-order valence-electron chi connectivity index (χ2n) is 3.50. The lowest BCUT2D eigenvalue weighted by atomic mass is 10.2. The maximum Gasteiger partial charge on any atom is 0.252 e. The number of carbonyl (C=O) groups is 1. The summed E-state index contributed by atoms with van der Waals surface area (Å²) in [4.78, 5) is 12.7. The van der Waals surface area contributed by atoms with Gasteiger partial charge in [-0.3, -0.25) is 4.79 Å². The smallest absolute Gasteiger partial charge is 0.252 e. The van der Waals surface area contributed by atoms with Crippen molar-refractivity contribution in [1.29, 1.82) is 0 Å². The van der Waals surface area contributed by atoms with E-state index in [9.17, 15) is 4.79 Å². The molecule has 4 heteroatoms. The lowest BCUT2D eigenvalue weighted by Gasteiger charge is -2.07. The van der Waals surface area contributed by atoms with Gasteiger partial charge in [0.1, 0.15) is 0 Å². The van der Waals surface area contributed by atoms with E-state index in [1.807, 2.05) is 24.3 Å². The standard InChI is InChI=1S/C13H13NOS2/c1-14-13(15)11-4-2-3-5-12(11)17-9-10-6-7-16-8-10/h2-8H,9H2,1H3,(H,14,15). The summed E-state index contributed by atoms with van der Waals surface area (Å²) < 4.78 is 0. The highest BCUT2D eigenvalue weighted by molar-refractivity contribution is 7.98. The molecule has 2 aromatic rings. The molecule has 0 saturated carbocycles. The van der Waals surface area contributed by atoms with Crippen LogP contribution in [0.4, 0.5) is 0 Å². The fraction of sp³-hybridized carbons (Fsp3) is 0.154. The average molecular weight is 263 g/mol. The first-order chi connectivity index (χ1) is 8.31. The Hall–Kier alpha value is -1.26. The van der Waals surface area contributed by atoms with E-state index < -0.39 is 0 Å². The van der Waals surface area contributed by atoms with Crippen LogP contribution >= 0.6 is 23.1 Å². The highest BCUT2D eigenvalue weighted by Gasteiger charge is 2.09. The van der Waals surface area contributed by atoms with Gasteiger partial charge < -0.3 is 5.32 Å². The summed E-state index contributed by atoms with van der Waals surface area (Å²) in [7, 11) is 1.66. The Balaban J connectivity index is 2.12. The van der Waals surface area contributed by atoms with Crippen molar-refractivity contribution in [2.24, 2.45) is 0 Å². The van der Waals surface area contributed by atoms with Crippen LogP contribution in [-0.4, -0.2) is 13.0 Å². The zero-order chi connectivity index (χ0) is 12.1. The number of thiophene rings is 1. The molecule has 1 N–H and O–H groups in total. The minimum absolute atomic E-state index is 0.0292. The molecule has 2 nitrogen and oxygen atoms in total. The molecular weight excluding hydrogens is 250 g/mol. The van der Waals surface area contributed by atoms with Gasteiger partial charge in [-0.15, -0.1) is 11.8 Å². The molecule has 1 aromatic heterocycles. The molecule has 17 heavy (non-hydrogen) atoms. The summed E-state index contributed by atoms with van der Waals surface area (Å²) >= 11 is 3.39. The minimum atomic E-state index is -0.0292. The second kappa shape index (κ2) is 5.89. The number of rotatable bonds is 4. The summed E-state index contributed by atoms with van der Waals surface area (Å²) in [5.74, 6) is 0.871. The van der Waals surface area contributed by atoms with Crippen molar-refractivity contribution < 1.29 is 4.79 Å². The average Bonchev–Trinajstić information content (AvgIpc) is 2.89. The summed E-state index contributed by atoms with van der Waals surface area (Å²) in [6.07, 6.45) is 0. The van der Waals surface area contributed by atoms with Crippen LogP contribution in [-0.2, 0) is 5.75 Å². The molecule has 0 aliphatic heterocycles. The van der Waals surface area contributed by atoms with Crippen molar-refractivity contribution in [3.8, 4) is 0 Å². The lowest BCUT2D eigenvalue weighted by molar-refractivity contribution is 0.0960. The molecule has 1 heterocycles. The summed E-state index contributed by atoms with van der Waals surface area (Å²) in [5.41, 5.74) is 2.04. The van der Waals surface area contributed by atoms with E-state index >= 15 is 0 Å². The first-order valence-corrected chi connectivity index (χ1v) is 7.19. The van der Waals surface area contributed by atoms with E-state index in [0.29, 0.717) is 0 Å². The Bertz CT molecular complexity index is 494. The molecule has 0 unspecified atom stereocenters. The molecule has 1 aromatic carbocycles. The van der Waals surface area contributed by atoms with Gasteiger partial charge in [0.2, 0.25) is 0 Å². The quantitative estimate of drug-likeness (QED) is 0.857. The Morgan fingerprint density at radius 2 is 2.18 bits per heavy atom. The van der Waals surface area contributed by atoms with Gasteiger partial charge in [0, 0.05) is 17.7 Å². The molecule has 0 bridgehead atoms. The number of carbonyl (C=O) groups excluding carboxylic acids is 1. The van der Waals surface area contributed by atoms with Crippen molar-refractivity contribution in [1.82, 2.24) is 5.32 Å². The number of nitrogens with one attached hydrogen (secondary N) is 1. The van der Waals surface area contributed by atoms with E-state index in [-0.39, 0.29) is 5.91 Å². The van der Waals surface area contributed by atoms with Gasteiger partial charge >= 0.3 is 0 Å². The van der Waals surface area contributed by atoms with Gasteiger partial charge in [-0.25, -0.2) is 0 Å². The predicted octanol–water partition coefficient (Wildman–Crippen LogP) is 3.40. The fourth-order valence-corrected chi connectivity index (χ4v) is 3.22. The van der Waals surface area contributed by atoms with Crippen molar-refractivity contribution in [2.45, 2.75) is 10.6 Å². The molecule has 0 atom stereocenters. The third-order valence-electron chi connectivity index (χ3n) is 2.33. The lowest BCUT2D eigenvalue weighted by Crippen LogP contribution is -2.18. The van der Waals surface area contributed by atoms with Crippen molar-refractivity contribution in [2.75, 3.05) is 7.05 Å². The van der Waals surface area contributed by atoms with Gasteiger partial charge in [-0.1, -0.05) is 12.1 Å². The number of benzene rings is 1. The van der Waals surface area contributed by atoms with Crippen LogP contribution in [0, 0.1) is 0 Å². The molecule has 0 fully saturated rings. The topological polar surface area (TPSA) is 29.1 Å². The maximum absolute atomic E-state index is 11.7.